The zero-order chi connectivity index (χ0) is 24.0. The molecule has 1 aliphatic heterocycles. The Kier molecular flexibility index (Phi) is 5.40. The molecule has 0 aliphatic carbocycles. The van der Waals surface area contributed by atoms with Gasteiger partial charge in [0.1, 0.15) is 11.6 Å². The Morgan fingerprint density at radius 1 is 1.09 bits per heavy atom. The van der Waals surface area contributed by atoms with Crippen LogP contribution in [0.1, 0.15) is 28.5 Å². The number of hydrogen-bond donors (Lipinski definition) is 1. The van der Waals surface area contributed by atoms with Gasteiger partial charge < -0.3 is 5.32 Å². The summed E-state index contributed by atoms with van der Waals surface area (Å²) < 4.78 is 52.9. The fourth-order valence-electron chi connectivity index (χ4n) is 4.25. The molecule has 1 saturated heterocycles. The Morgan fingerprint density at radius 2 is 1.85 bits per heavy atom. The van der Waals surface area contributed by atoms with Crippen LogP contribution in [0, 0.1) is 18.6 Å². The molecule has 0 bridgehead atoms. The second-order valence-corrected chi connectivity index (χ2v) is 10.5. The topological polar surface area (TPSA) is 93.9 Å². The van der Waals surface area contributed by atoms with E-state index in [1.807, 2.05) is 0 Å². The maximum atomic E-state index is 13.6. The van der Waals surface area contributed by atoms with E-state index in [0.717, 1.165) is 0 Å². The number of carbonyl (C=O) groups excluding carboxylic acids is 1. The van der Waals surface area contributed by atoms with Crippen LogP contribution in [0.5, 0.6) is 0 Å². The molecule has 2 aromatic heterocycles. The first kappa shape index (κ1) is 22.1. The van der Waals surface area contributed by atoms with Crippen molar-refractivity contribution in [3.05, 3.63) is 77.5 Å². The summed E-state index contributed by atoms with van der Waals surface area (Å²) in [7, 11) is -3.19. The Morgan fingerprint density at radius 3 is 2.53 bits per heavy atom. The number of nitrogens with zero attached hydrogens (tertiary/aromatic N) is 3. The maximum Gasteiger partial charge on any atom is 0.256 e. The van der Waals surface area contributed by atoms with E-state index in [1.54, 1.807) is 35.9 Å². The number of rotatable bonds is 4. The second-order valence-electron chi connectivity index (χ2n) is 8.31. The molecule has 7 nitrogen and oxygen atoms in total. The highest BCUT2D eigenvalue weighted by Crippen LogP contribution is 2.32. The summed E-state index contributed by atoms with van der Waals surface area (Å²) in [6.45, 7) is 1.72. The van der Waals surface area contributed by atoms with Gasteiger partial charge in [-0.05, 0) is 61.9 Å². The van der Waals surface area contributed by atoms with Crippen LogP contribution in [0.2, 0.25) is 0 Å². The molecule has 0 saturated carbocycles. The lowest BCUT2D eigenvalue weighted by Crippen LogP contribution is -2.15. The third-order valence-electron chi connectivity index (χ3n) is 5.86. The largest absolute Gasteiger partial charge is 0.322 e. The van der Waals surface area contributed by atoms with Gasteiger partial charge in [-0.2, -0.15) is 5.10 Å². The number of benzene rings is 2. The van der Waals surface area contributed by atoms with Gasteiger partial charge in [0.15, 0.2) is 15.5 Å². The number of nitrogens with one attached hydrogen (secondary N) is 1. The Hall–Kier alpha value is -3.66. The lowest BCUT2D eigenvalue weighted by atomic mass is 10.0. The van der Waals surface area contributed by atoms with Crippen LogP contribution in [-0.4, -0.2) is 40.6 Å². The summed E-state index contributed by atoms with van der Waals surface area (Å²) in [5.74, 6) is -1.40. The fraction of sp³-hybridized carbons (Fsp3) is 0.208. The molecule has 174 valence electrons. The van der Waals surface area contributed by atoms with Gasteiger partial charge in [-0.3, -0.25) is 4.79 Å². The van der Waals surface area contributed by atoms with E-state index in [0.29, 0.717) is 34.4 Å². The van der Waals surface area contributed by atoms with Crippen LogP contribution in [0.4, 0.5) is 14.5 Å². The van der Waals surface area contributed by atoms with Crippen LogP contribution in [0.3, 0.4) is 0 Å². The summed E-state index contributed by atoms with van der Waals surface area (Å²) in [5, 5.41) is 7.71. The minimum absolute atomic E-state index is 0.0582. The summed E-state index contributed by atoms with van der Waals surface area (Å²) in [4.78, 5) is 18.0. The molecule has 2 aromatic carbocycles. The number of sulfone groups is 1. The number of aromatic nitrogens is 3. The quantitative estimate of drug-likeness (QED) is 0.468. The van der Waals surface area contributed by atoms with Crippen molar-refractivity contribution in [1.82, 2.24) is 14.8 Å². The summed E-state index contributed by atoms with van der Waals surface area (Å²) in [6.07, 6.45) is 0.395. The van der Waals surface area contributed by atoms with Gasteiger partial charge in [0.2, 0.25) is 0 Å². The number of amides is 1. The van der Waals surface area contributed by atoms with Gasteiger partial charge in [0, 0.05) is 11.3 Å². The minimum atomic E-state index is -3.19. The smallest absolute Gasteiger partial charge is 0.256 e. The average molecular weight is 483 g/mol. The van der Waals surface area contributed by atoms with E-state index in [4.69, 9.17) is 4.98 Å². The molecule has 3 heterocycles. The van der Waals surface area contributed by atoms with E-state index in [2.05, 4.69) is 10.4 Å². The van der Waals surface area contributed by atoms with Gasteiger partial charge in [-0.15, -0.1) is 0 Å². The number of hydrogen-bond acceptors (Lipinski definition) is 5. The van der Waals surface area contributed by atoms with Crippen molar-refractivity contribution in [1.29, 1.82) is 0 Å². The van der Waals surface area contributed by atoms with Crippen molar-refractivity contribution in [2.45, 2.75) is 19.4 Å². The molecule has 5 rings (SSSR count). The molecule has 34 heavy (non-hydrogen) atoms. The first-order valence-electron chi connectivity index (χ1n) is 10.6. The highest BCUT2D eigenvalue weighted by molar-refractivity contribution is 7.91. The van der Waals surface area contributed by atoms with E-state index in [1.165, 1.54) is 30.3 Å². The summed E-state index contributed by atoms with van der Waals surface area (Å²) >= 11 is 0. The van der Waals surface area contributed by atoms with Crippen molar-refractivity contribution in [3.63, 3.8) is 0 Å². The molecule has 1 N–H and O–H groups in total. The van der Waals surface area contributed by atoms with Gasteiger partial charge in [0.25, 0.3) is 5.91 Å². The number of halogens is 2. The Balaban J connectivity index is 1.68. The van der Waals surface area contributed by atoms with Gasteiger partial charge in [0.05, 0.1) is 39.9 Å². The Bertz CT molecular complexity index is 1530. The third-order valence-corrected chi connectivity index (χ3v) is 7.61. The van der Waals surface area contributed by atoms with Crippen LogP contribution < -0.4 is 5.32 Å². The van der Waals surface area contributed by atoms with Crippen molar-refractivity contribution >= 4 is 32.5 Å². The molecule has 0 spiro atoms. The summed E-state index contributed by atoms with van der Waals surface area (Å²) in [6, 6.07) is 12.4. The molecular formula is C24H20F2N4O3S. The first-order chi connectivity index (χ1) is 16.2. The second kappa shape index (κ2) is 8.28. The zero-order valence-corrected chi connectivity index (χ0v) is 18.9. The van der Waals surface area contributed by atoms with Gasteiger partial charge in [-0.25, -0.2) is 26.9 Å². The van der Waals surface area contributed by atoms with Crippen molar-refractivity contribution in [3.8, 4) is 11.3 Å². The standard InChI is InChI=1S/C24H20F2N4O3S/c1-14-22-20(24(31)27-18-4-2-3-17(26)11-18)12-21(15-5-7-16(25)8-6-15)28-23(22)30(29-14)19-9-10-34(32,33)13-19/h2-8,11-12,19H,9-10,13H2,1H3,(H,27,31). The third kappa shape index (κ3) is 4.16. The molecule has 4 aromatic rings. The van der Waals surface area contributed by atoms with Crippen LogP contribution in [0.25, 0.3) is 22.3 Å². The molecule has 1 fully saturated rings. The van der Waals surface area contributed by atoms with Gasteiger partial charge >= 0.3 is 0 Å². The molecule has 1 aliphatic rings. The lowest BCUT2D eigenvalue weighted by Gasteiger charge is -2.12. The fourth-order valence-corrected chi connectivity index (χ4v) is 5.94. The highest BCUT2D eigenvalue weighted by atomic mass is 32.2. The van der Waals surface area contributed by atoms with E-state index >= 15 is 0 Å². The average Bonchev–Trinajstić information content (AvgIpc) is 3.32. The first-order valence-corrected chi connectivity index (χ1v) is 12.5. The van der Waals surface area contributed by atoms with E-state index in [9.17, 15) is 22.0 Å². The number of carbonyl (C=O) groups is 1. The van der Waals surface area contributed by atoms with Crippen LogP contribution in [0.15, 0.2) is 54.6 Å². The molecular weight excluding hydrogens is 462 g/mol. The lowest BCUT2D eigenvalue weighted by molar-refractivity contribution is 0.102. The monoisotopic (exact) mass is 482 g/mol. The number of anilines is 1. The predicted octanol–water partition coefficient (Wildman–Crippen LogP) is 4.30. The molecule has 0 radical (unpaired) electrons. The van der Waals surface area contributed by atoms with Crippen LogP contribution >= 0.6 is 0 Å². The maximum absolute atomic E-state index is 13.6. The van der Waals surface area contributed by atoms with Crippen molar-refractivity contribution in [2.24, 2.45) is 0 Å². The normalized spacial score (nSPS) is 17.2. The predicted molar refractivity (Wildman–Crippen MR) is 124 cm³/mol. The van der Waals surface area contributed by atoms with Crippen molar-refractivity contribution < 1.29 is 22.0 Å². The summed E-state index contributed by atoms with van der Waals surface area (Å²) in [5.41, 5.74) is 2.39. The van der Waals surface area contributed by atoms with Crippen molar-refractivity contribution in [2.75, 3.05) is 16.8 Å². The molecule has 1 unspecified atom stereocenters. The highest BCUT2D eigenvalue weighted by Gasteiger charge is 2.32. The minimum Gasteiger partial charge on any atom is -0.322 e. The SMILES string of the molecule is Cc1nn(C2CCS(=O)(=O)C2)c2nc(-c3ccc(F)cc3)cc(C(=O)Nc3cccc(F)c3)c12. The Labute approximate surface area is 194 Å². The van der Waals surface area contributed by atoms with Gasteiger partial charge in [-0.1, -0.05) is 6.07 Å². The molecule has 1 amide bonds. The zero-order valence-electron chi connectivity index (χ0n) is 18.1. The number of aryl methyl sites for hydroxylation is 1. The van der Waals surface area contributed by atoms with E-state index < -0.39 is 33.4 Å². The van der Waals surface area contributed by atoms with E-state index in [-0.39, 0.29) is 22.8 Å². The number of pyridine rings is 1. The van der Waals surface area contributed by atoms with Crippen LogP contribution in [-0.2, 0) is 9.84 Å². The molecule has 10 heteroatoms. The molecule has 1 atom stereocenters. The number of fused-ring (bicyclic) bond motifs is 1.